The van der Waals surface area contributed by atoms with Crippen molar-refractivity contribution in [1.29, 1.82) is 0 Å². The van der Waals surface area contributed by atoms with Crippen molar-refractivity contribution in [1.82, 2.24) is 14.8 Å². The molecule has 0 aliphatic carbocycles. The van der Waals surface area contributed by atoms with E-state index in [1.807, 2.05) is 23.1 Å². The van der Waals surface area contributed by atoms with Crippen molar-refractivity contribution in [3.63, 3.8) is 0 Å². The van der Waals surface area contributed by atoms with Gasteiger partial charge in [0, 0.05) is 44.0 Å². The van der Waals surface area contributed by atoms with Crippen LogP contribution in [0.25, 0.3) is 0 Å². The van der Waals surface area contributed by atoms with Crippen LogP contribution in [0.3, 0.4) is 0 Å². The molecule has 3 rings (SSSR count). The predicted molar refractivity (Wildman–Crippen MR) is 104 cm³/mol. The molecule has 142 valence electrons. The lowest BCUT2D eigenvalue weighted by molar-refractivity contribution is 0.0600. The summed E-state index contributed by atoms with van der Waals surface area (Å²) in [6.07, 6.45) is 5.29. The van der Waals surface area contributed by atoms with Crippen LogP contribution in [0, 0.1) is 0 Å². The number of piperidine rings is 1. The molecule has 0 saturated carbocycles. The van der Waals surface area contributed by atoms with Gasteiger partial charge in [-0.15, -0.1) is 0 Å². The molecule has 1 aromatic carbocycles. The lowest BCUT2D eigenvalue weighted by Crippen LogP contribution is -2.45. The van der Waals surface area contributed by atoms with Gasteiger partial charge in [-0.05, 0) is 43.9 Å². The van der Waals surface area contributed by atoms with Gasteiger partial charge in [-0.1, -0.05) is 18.2 Å². The van der Waals surface area contributed by atoms with Crippen LogP contribution in [0.5, 0.6) is 0 Å². The van der Waals surface area contributed by atoms with Gasteiger partial charge in [0.05, 0.1) is 5.56 Å². The summed E-state index contributed by atoms with van der Waals surface area (Å²) in [7, 11) is 1.64. The van der Waals surface area contributed by atoms with Crippen LogP contribution in [0.2, 0.25) is 0 Å². The third-order valence-electron chi connectivity index (χ3n) is 5.02. The summed E-state index contributed by atoms with van der Waals surface area (Å²) >= 11 is 0. The summed E-state index contributed by atoms with van der Waals surface area (Å²) in [6.45, 7) is 1.23. The molecular formula is C21H25N3O3. The van der Waals surface area contributed by atoms with Crippen LogP contribution < -0.4 is 10.9 Å². The van der Waals surface area contributed by atoms with Crippen molar-refractivity contribution in [2.45, 2.75) is 31.7 Å². The second-order valence-electron chi connectivity index (χ2n) is 6.93. The highest BCUT2D eigenvalue weighted by atomic mass is 16.2. The Morgan fingerprint density at radius 3 is 2.59 bits per heavy atom. The molecule has 0 spiro atoms. The number of nitrogens with zero attached hydrogens (tertiary/aromatic N) is 2. The summed E-state index contributed by atoms with van der Waals surface area (Å²) < 4.78 is 1.42. The van der Waals surface area contributed by atoms with Crippen LogP contribution in [-0.2, 0) is 7.05 Å². The zero-order valence-electron chi connectivity index (χ0n) is 15.6. The second-order valence-corrected chi connectivity index (χ2v) is 6.93. The summed E-state index contributed by atoms with van der Waals surface area (Å²) in [4.78, 5) is 38.5. The first-order chi connectivity index (χ1) is 13.1. The van der Waals surface area contributed by atoms with Crippen LogP contribution in [0.4, 0.5) is 0 Å². The van der Waals surface area contributed by atoms with E-state index in [1.54, 1.807) is 31.4 Å². The summed E-state index contributed by atoms with van der Waals surface area (Å²) in [6, 6.07) is 12.2. The van der Waals surface area contributed by atoms with E-state index in [2.05, 4.69) is 5.32 Å². The number of hydrogen-bond acceptors (Lipinski definition) is 3. The molecule has 6 heteroatoms. The monoisotopic (exact) mass is 367 g/mol. The maximum Gasteiger partial charge on any atom is 0.255 e. The highest BCUT2D eigenvalue weighted by Gasteiger charge is 2.27. The Morgan fingerprint density at radius 1 is 1.07 bits per heavy atom. The molecule has 1 atom stereocenters. The molecule has 0 bridgehead atoms. The topological polar surface area (TPSA) is 71.4 Å². The molecule has 0 unspecified atom stereocenters. The second kappa shape index (κ2) is 8.66. The SMILES string of the molecule is Cn1cc(C(=O)N2CCCC[C@@H]2CCNC(=O)c2ccccc2)ccc1=O. The van der Waals surface area contributed by atoms with Gasteiger partial charge in [0.25, 0.3) is 11.8 Å². The van der Waals surface area contributed by atoms with E-state index >= 15 is 0 Å². The maximum absolute atomic E-state index is 12.9. The third-order valence-corrected chi connectivity index (χ3v) is 5.02. The van der Waals surface area contributed by atoms with E-state index in [1.165, 1.54) is 10.6 Å². The fourth-order valence-electron chi connectivity index (χ4n) is 3.50. The number of carbonyl (C=O) groups excluding carboxylic acids is 2. The normalized spacial score (nSPS) is 16.8. The average Bonchev–Trinajstić information content (AvgIpc) is 2.70. The number of aryl methyl sites for hydroxylation is 1. The molecule has 1 aromatic heterocycles. The Labute approximate surface area is 158 Å². The lowest BCUT2D eigenvalue weighted by atomic mass is 9.98. The van der Waals surface area contributed by atoms with Crippen molar-refractivity contribution in [2.24, 2.45) is 7.05 Å². The Morgan fingerprint density at radius 2 is 1.85 bits per heavy atom. The van der Waals surface area contributed by atoms with Crippen LogP contribution in [-0.4, -0.2) is 40.4 Å². The number of hydrogen-bond donors (Lipinski definition) is 1. The van der Waals surface area contributed by atoms with Gasteiger partial charge in [-0.25, -0.2) is 0 Å². The van der Waals surface area contributed by atoms with Crippen molar-refractivity contribution < 1.29 is 9.59 Å². The van der Waals surface area contributed by atoms with E-state index in [0.717, 1.165) is 25.7 Å². The van der Waals surface area contributed by atoms with Gasteiger partial charge in [0.1, 0.15) is 0 Å². The van der Waals surface area contributed by atoms with E-state index < -0.39 is 0 Å². The summed E-state index contributed by atoms with van der Waals surface area (Å²) in [5, 5.41) is 2.94. The van der Waals surface area contributed by atoms with E-state index in [4.69, 9.17) is 0 Å². The molecule has 27 heavy (non-hydrogen) atoms. The van der Waals surface area contributed by atoms with Crippen LogP contribution >= 0.6 is 0 Å². The molecule has 1 aliphatic heterocycles. The summed E-state index contributed by atoms with van der Waals surface area (Å²) in [5.41, 5.74) is 1.03. The molecular weight excluding hydrogens is 342 g/mol. The standard InChI is InChI=1S/C21H25N3O3/c1-23-15-17(10-11-19(23)25)21(27)24-14-6-5-9-18(24)12-13-22-20(26)16-7-3-2-4-8-16/h2-4,7-8,10-11,15,18H,5-6,9,12-14H2,1H3,(H,22,26)/t18-/m1/s1. The maximum atomic E-state index is 12.9. The molecule has 2 heterocycles. The number of aromatic nitrogens is 1. The number of nitrogens with one attached hydrogen (secondary N) is 1. The third kappa shape index (κ3) is 4.64. The zero-order valence-corrected chi connectivity index (χ0v) is 15.6. The molecule has 1 N–H and O–H groups in total. The van der Waals surface area contributed by atoms with Crippen molar-refractivity contribution in [3.05, 3.63) is 70.1 Å². The van der Waals surface area contributed by atoms with Crippen molar-refractivity contribution in [2.75, 3.05) is 13.1 Å². The first-order valence-corrected chi connectivity index (χ1v) is 9.37. The van der Waals surface area contributed by atoms with Crippen molar-refractivity contribution in [3.8, 4) is 0 Å². The van der Waals surface area contributed by atoms with Gasteiger partial charge in [0.15, 0.2) is 0 Å². The molecule has 2 aromatic rings. The van der Waals surface area contributed by atoms with Crippen LogP contribution in [0.1, 0.15) is 46.4 Å². The number of rotatable bonds is 5. The van der Waals surface area contributed by atoms with Gasteiger partial charge in [-0.3, -0.25) is 14.4 Å². The van der Waals surface area contributed by atoms with E-state index in [9.17, 15) is 14.4 Å². The highest BCUT2D eigenvalue weighted by molar-refractivity contribution is 5.94. The minimum absolute atomic E-state index is 0.0512. The lowest BCUT2D eigenvalue weighted by Gasteiger charge is -2.36. The summed E-state index contributed by atoms with van der Waals surface area (Å²) in [5.74, 6) is -0.146. The zero-order chi connectivity index (χ0) is 19.2. The van der Waals surface area contributed by atoms with Gasteiger partial charge >= 0.3 is 0 Å². The quantitative estimate of drug-likeness (QED) is 0.881. The average molecular weight is 367 g/mol. The minimum Gasteiger partial charge on any atom is -0.352 e. The van der Waals surface area contributed by atoms with Gasteiger partial charge in [-0.2, -0.15) is 0 Å². The minimum atomic E-state index is -0.134. The number of amides is 2. The smallest absolute Gasteiger partial charge is 0.255 e. The van der Waals surface area contributed by atoms with E-state index in [0.29, 0.717) is 24.2 Å². The highest BCUT2D eigenvalue weighted by Crippen LogP contribution is 2.21. The van der Waals surface area contributed by atoms with Gasteiger partial charge < -0.3 is 14.8 Å². The van der Waals surface area contributed by atoms with E-state index in [-0.39, 0.29) is 23.4 Å². The Bertz CT molecular complexity index is 860. The van der Waals surface area contributed by atoms with Crippen LogP contribution in [0.15, 0.2) is 53.5 Å². The first-order valence-electron chi connectivity index (χ1n) is 9.37. The number of pyridine rings is 1. The number of carbonyl (C=O) groups is 2. The molecule has 1 aliphatic rings. The number of benzene rings is 1. The molecule has 6 nitrogen and oxygen atoms in total. The largest absolute Gasteiger partial charge is 0.352 e. The predicted octanol–water partition coefficient (Wildman–Crippen LogP) is 2.20. The Balaban J connectivity index is 1.61. The molecule has 1 fully saturated rings. The fraction of sp³-hybridized carbons (Fsp3) is 0.381. The molecule has 1 saturated heterocycles. The molecule has 0 radical (unpaired) electrons. The Hall–Kier alpha value is -2.89. The van der Waals surface area contributed by atoms with Gasteiger partial charge in [0.2, 0.25) is 5.56 Å². The first kappa shape index (κ1) is 18.9. The fourth-order valence-corrected chi connectivity index (χ4v) is 3.50. The number of likely N-dealkylation sites (tertiary alicyclic amines) is 1. The van der Waals surface area contributed by atoms with Crippen molar-refractivity contribution >= 4 is 11.8 Å². The Kier molecular flexibility index (Phi) is 6.06. The molecule has 2 amide bonds.